The molecule has 1 N–H and O–H groups in total. The molecule has 0 amide bonds. The van der Waals surface area contributed by atoms with E-state index in [4.69, 9.17) is 0 Å². The minimum Gasteiger partial charge on any atom is -0.391 e. The number of aliphatic hydroxyl groups is 1. The standard InChI is InChI=1S/C8H14N2O/c1-7(2)8(11)6-10-5-3-4-9-10/h3-5,7-8,11H,6H2,1-2H3. The fourth-order valence-corrected chi connectivity index (χ4v) is 0.811. The van der Waals surface area contributed by atoms with E-state index >= 15 is 0 Å². The molecule has 11 heavy (non-hydrogen) atoms. The Morgan fingerprint density at radius 1 is 1.55 bits per heavy atom. The fourth-order valence-electron chi connectivity index (χ4n) is 0.811. The number of rotatable bonds is 3. The first-order valence-corrected chi connectivity index (χ1v) is 3.85. The zero-order valence-electron chi connectivity index (χ0n) is 6.94. The quantitative estimate of drug-likeness (QED) is 0.702. The van der Waals surface area contributed by atoms with Crippen LogP contribution in [0.1, 0.15) is 13.8 Å². The fraction of sp³-hybridized carbons (Fsp3) is 0.625. The lowest BCUT2D eigenvalue weighted by molar-refractivity contribution is 0.103. The second-order valence-electron chi connectivity index (χ2n) is 3.04. The Morgan fingerprint density at radius 3 is 2.73 bits per heavy atom. The monoisotopic (exact) mass is 154 g/mol. The lowest BCUT2D eigenvalue weighted by Crippen LogP contribution is -2.21. The number of aromatic nitrogens is 2. The van der Waals surface area contributed by atoms with Crippen molar-refractivity contribution in [1.82, 2.24) is 9.78 Å². The summed E-state index contributed by atoms with van der Waals surface area (Å²) in [5.74, 6) is 0.291. The summed E-state index contributed by atoms with van der Waals surface area (Å²) in [6.07, 6.45) is 3.27. The van der Waals surface area contributed by atoms with Gasteiger partial charge in [-0.15, -0.1) is 0 Å². The topological polar surface area (TPSA) is 38.0 Å². The van der Waals surface area contributed by atoms with E-state index in [1.54, 1.807) is 10.9 Å². The highest BCUT2D eigenvalue weighted by atomic mass is 16.3. The highest BCUT2D eigenvalue weighted by Gasteiger charge is 2.08. The maximum atomic E-state index is 9.44. The van der Waals surface area contributed by atoms with Crippen LogP contribution in [0.3, 0.4) is 0 Å². The molecule has 1 atom stereocenters. The van der Waals surface area contributed by atoms with Crippen molar-refractivity contribution >= 4 is 0 Å². The largest absolute Gasteiger partial charge is 0.391 e. The first-order valence-electron chi connectivity index (χ1n) is 3.85. The summed E-state index contributed by atoms with van der Waals surface area (Å²) >= 11 is 0. The Morgan fingerprint density at radius 2 is 2.27 bits per heavy atom. The summed E-state index contributed by atoms with van der Waals surface area (Å²) in [5, 5.41) is 13.4. The lowest BCUT2D eigenvalue weighted by Gasteiger charge is -2.13. The van der Waals surface area contributed by atoms with Gasteiger partial charge in [-0.2, -0.15) is 5.10 Å². The maximum Gasteiger partial charge on any atom is 0.0758 e. The van der Waals surface area contributed by atoms with E-state index in [1.165, 1.54) is 0 Å². The molecule has 3 heteroatoms. The number of hydrogen-bond acceptors (Lipinski definition) is 2. The van der Waals surface area contributed by atoms with Gasteiger partial charge in [0.15, 0.2) is 0 Å². The molecule has 0 aromatic carbocycles. The molecule has 0 aliphatic rings. The van der Waals surface area contributed by atoms with Gasteiger partial charge >= 0.3 is 0 Å². The van der Waals surface area contributed by atoms with Gasteiger partial charge in [0.1, 0.15) is 0 Å². The van der Waals surface area contributed by atoms with E-state index < -0.39 is 0 Å². The predicted octanol–water partition coefficient (Wildman–Crippen LogP) is 0.900. The molecule has 0 saturated carbocycles. The molecule has 1 unspecified atom stereocenters. The molecule has 0 saturated heterocycles. The molecule has 62 valence electrons. The molecular weight excluding hydrogens is 140 g/mol. The molecule has 0 bridgehead atoms. The lowest BCUT2D eigenvalue weighted by atomic mass is 10.1. The molecule has 1 aromatic rings. The van der Waals surface area contributed by atoms with Crippen molar-refractivity contribution in [2.45, 2.75) is 26.5 Å². The summed E-state index contributed by atoms with van der Waals surface area (Å²) in [4.78, 5) is 0. The second-order valence-corrected chi connectivity index (χ2v) is 3.04. The van der Waals surface area contributed by atoms with Crippen LogP contribution < -0.4 is 0 Å². The van der Waals surface area contributed by atoms with E-state index in [9.17, 15) is 5.11 Å². The van der Waals surface area contributed by atoms with Gasteiger partial charge in [-0.1, -0.05) is 13.8 Å². The van der Waals surface area contributed by atoms with Crippen LogP contribution in [0.4, 0.5) is 0 Å². The summed E-state index contributed by atoms with van der Waals surface area (Å²) in [6, 6.07) is 1.85. The van der Waals surface area contributed by atoms with Crippen LogP contribution >= 0.6 is 0 Å². The zero-order valence-corrected chi connectivity index (χ0v) is 6.94. The first kappa shape index (κ1) is 8.27. The van der Waals surface area contributed by atoms with Crippen LogP contribution in [0.2, 0.25) is 0 Å². The van der Waals surface area contributed by atoms with Crippen molar-refractivity contribution in [3.63, 3.8) is 0 Å². The number of aliphatic hydroxyl groups excluding tert-OH is 1. The van der Waals surface area contributed by atoms with Gasteiger partial charge in [0.2, 0.25) is 0 Å². The van der Waals surface area contributed by atoms with Crippen molar-refractivity contribution in [1.29, 1.82) is 0 Å². The number of hydrogen-bond donors (Lipinski definition) is 1. The first-order chi connectivity index (χ1) is 5.20. The molecule has 0 fully saturated rings. The van der Waals surface area contributed by atoms with Crippen molar-refractivity contribution in [2.24, 2.45) is 5.92 Å². The molecule has 1 aromatic heterocycles. The third-order valence-corrected chi connectivity index (χ3v) is 1.70. The Hall–Kier alpha value is -0.830. The van der Waals surface area contributed by atoms with E-state index in [2.05, 4.69) is 5.10 Å². The minimum absolute atomic E-state index is 0.291. The summed E-state index contributed by atoms with van der Waals surface area (Å²) in [6.45, 7) is 4.58. The summed E-state index contributed by atoms with van der Waals surface area (Å²) < 4.78 is 1.74. The smallest absolute Gasteiger partial charge is 0.0758 e. The van der Waals surface area contributed by atoms with Crippen LogP contribution in [-0.4, -0.2) is 21.0 Å². The molecule has 1 rings (SSSR count). The Labute approximate surface area is 66.7 Å². The van der Waals surface area contributed by atoms with Crippen LogP contribution in [0.5, 0.6) is 0 Å². The Kier molecular flexibility index (Phi) is 2.65. The van der Waals surface area contributed by atoms with Crippen molar-refractivity contribution in [3.05, 3.63) is 18.5 Å². The second kappa shape index (κ2) is 3.53. The highest BCUT2D eigenvalue weighted by Crippen LogP contribution is 2.02. The number of nitrogens with zero attached hydrogens (tertiary/aromatic N) is 2. The van der Waals surface area contributed by atoms with E-state index in [1.807, 2.05) is 26.1 Å². The van der Waals surface area contributed by atoms with E-state index in [0.717, 1.165) is 0 Å². The molecule has 0 radical (unpaired) electrons. The molecule has 0 aliphatic carbocycles. The molecular formula is C8H14N2O. The SMILES string of the molecule is CC(C)C(O)Cn1cccn1. The third kappa shape index (κ3) is 2.35. The minimum atomic E-state index is -0.296. The van der Waals surface area contributed by atoms with E-state index in [-0.39, 0.29) is 6.10 Å². The maximum absolute atomic E-state index is 9.44. The van der Waals surface area contributed by atoms with Gasteiger partial charge in [0.25, 0.3) is 0 Å². The zero-order chi connectivity index (χ0) is 8.27. The third-order valence-electron chi connectivity index (χ3n) is 1.70. The van der Waals surface area contributed by atoms with Gasteiger partial charge in [0, 0.05) is 12.4 Å². The summed E-state index contributed by atoms with van der Waals surface area (Å²) in [7, 11) is 0. The molecule has 0 aliphatic heterocycles. The summed E-state index contributed by atoms with van der Waals surface area (Å²) in [5.41, 5.74) is 0. The van der Waals surface area contributed by atoms with Crippen molar-refractivity contribution in [2.75, 3.05) is 0 Å². The van der Waals surface area contributed by atoms with Gasteiger partial charge in [-0.05, 0) is 12.0 Å². The molecule has 3 nitrogen and oxygen atoms in total. The van der Waals surface area contributed by atoms with Gasteiger partial charge in [-0.3, -0.25) is 4.68 Å². The van der Waals surface area contributed by atoms with E-state index in [0.29, 0.717) is 12.5 Å². The molecule has 1 heterocycles. The van der Waals surface area contributed by atoms with Gasteiger partial charge in [0.05, 0.1) is 12.6 Å². The Bertz CT molecular complexity index is 194. The normalized spacial score (nSPS) is 13.8. The van der Waals surface area contributed by atoms with Crippen LogP contribution in [0, 0.1) is 5.92 Å². The average molecular weight is 154 g/mol. The Balaban J connectivity index is 2.43. The van der Waals surface area contributed by atoms with Crippen LogP contribution in [0.25, 0.3) is 0 Å². The average Bonchev–Trinajstić information content (AvgIpc) is 2.39. The van der Waals surface area contributed by atoms with Crippen molar-refractivity contribution in [3.8, 4) is 0 Å². The highest BCUT2D eigenvalue weighted by molar-refractivity contribution is 4.78. The van der Waals surface area contributed by atoms with Crippen molar-refractivity contribution < 1.29 is 5.11 Å². The van der Waals surface area contributed by atoms with Crippen LogP contribution in [0.15, 0.2) is 18.5 Å². The van der Waals surface area contributed by atoms with Crippen LogP contribution in [-0.2, 0) is 6.54 Å². The van der Waals surface area contributed by atoms with Gasteiger partial charge < -0.3 is 5.11 Å². The predicted molar refractivity (Wildman–Crippen MR) is 43.1 cm³/mol. The molecule has 0 spiro atoms. The van der Waals surface area contributed by atoms with Gasteiger partial charge in [-0.25, -0.2) is 0 Å².